The van der Waals surface area contributed by atoms with Crippen LogP contribution in [0.4, 0.5) is 5.69 Å². The number of nitrogens with zero attached hydrogens (tertiary/aromatic N) is 2. The first kappa shape index (κ1) is 18.8. The fourth-order valence-corrected chi connectivity index (χ4v) is 3.92. The van der Waals surface area contributed by atoms with E-state index in [-0.39, 0.29) is 24.8 Å². The second-order valence-electron chi connectivity index (χ2n) is 7.27. The summed E-state index contributed by atoms with van der Waals surface area (Å²) in [5.74, 6) is 0.488. The van der Waals surface area contributed by atoms with Crippen LogP contribution in [0.25, 0.3) is 0 Å². The van der Waals surface area contributed by atoms with Gasteiger partial charge in [-0.1, -0.05) is 35.9 Å². The molecule has 2 aromatic carbocycles. The number of para-hydroxylation sites is 2. The molecule has 0 radical (unpaired) electrons. The lowest BCUT2D eigenvalue weighted by atomic mass is 10.1. The lowest BCUT2D eigenvalue weighted by Gasteiger charge is -2.37. The molecule has 6 heteroatoms. The highest BCUT2D eigenvalue weighted by atomic mass is 35.5. The van der Waals surface area contributed by atoms with Crippen LogP contribution in [0.5, 0.6) is 5.75 Å². The molecular weight excluding hydrogens is 376 g/mol. The zero-order valence-electron chi connectivity index (χ0n) is 15.6. The van der Waals surface area contributed by atoms with Crippen LogP contribution < -0.4 is 9.64 Å². The van der Waals surface area contributed by atoms with E-state index in [9.17, 15) is 9.59 Å². The van der Waals surface area contributed by atoms with E-state index >= 15 is 0 Å². The Labute approximate surface area is 169 Å². The molecule has 1 atom stereocenters. The van der Waals surface area contributed by atoms with Crippen LogP contribution in [0.2, 0.25) is 5.02 Å². The number of halogens is 1. The Morgan fingerprint density at radius 1 is 1.00 bits per heavy atom. The predicted molar refractivity (Wildman–Crippen MR) is 109 cm³/mol. The highest BCUT2D eigenvalue weighted by Gasteiger charge is 2.36. The van der Waals surface area contributed by atoms with Crippen molar-refractivity contribution < 1.29 is 14.3 Å². The van der Waals surface area contributed by atoms with Crippen LogP contribution in [-0.4, -0.2) is 42.5 Å². The smallest absolute Gasteiger partial charge is 0.265 e. The molecule has 0 bridgehead atoms. The SMILES string of the molecule is O=C([C@H]1CN(C(=O)Cc2ccc(Cl)cc2)c2ccccc2O1)N1CCCCC1. The normalized spacial score (nSPS) is 19.0. The van der Waals surface area contributed by atoms with Crippen molar-refractivity contribution in [2.45, 2.75) is 31.8 Å². The number of fused-ring (bicyclic) bond motifs is 1. The Morgan fingerprint density at radius 2 is 1.71 bits per heavy atom. The van der Waals surface area contributed by atoms with Crippen LogP contribution in [0.15, 0.2) is 48.5 Å². The van der Waals surface area contributed by atoms with E-state index in [2.05, 4.69) is 0 Å². The number of hydrogen-bond acceptors (Lipinski definition) is 3. The second-order valence-corrected chi connectivity index (χ2v) is 7.70. The van der Waals surface area contributed by atoms with Gasteiger partial charge in [0.1, 0.15) is 5.75 Å². The first-order valence-corrected chi connectivity index (χ1v) is 10.1. The number of anilines is 1. The lowest BCUT2D eigenvalue weighted by Crippen LogP contribution is -2.53. The molecule has 2 heterocycles. The molecule has 5 nitrogen and oxygen atoms in total. The molecule has 0 N–H and O–H groups in total. The number of benzene rings is 2. The zero-order valence-corrected chi connectivity index (χ0v) is 16.4. The Bertz CT molecular complexity index is 862. The average Bonchev–Trinajstić information content (AvgIpc) is 2.74. The van der Waals surface area contributed by atoms with Crippen molar-refractivity contribution in [1.29, 1.82) is 0 Å². The molecule has 2 aliphatic heterocycles. The summed E-state index contributed by atoms with van der Waals surface area (Å²) in [7, 11) is 0. The van der Waals surface area contributed by atoms with Crippen molar-refractivity contribution >= 4 is 29.1 Å². The Hall–Kier alpha value is -2.53. The minimum Gasteiger partial charge on any atom is -0.476 e. The topological polar surface area (TPSA) is 49.9 Å². The van der Waals surface area contributed by atoms with Gasteiger partial charge in [-0.3, -0.25) is 9.59 Å². The highest BCUT2D eigenvalue weighted by Crippen LogP contribution is 2.34. The van der Waals surface area contributed by atoms with E-state index in [1.54, 1.807) is 17.0 Å². The maximum absolute atomic E-state index is 13.1. The van der Waals surface area contributed by atoms with Gasteiger partial charge in [0.25, 0.3) is 5.91 Å². The fraction of sp³-hybridized carbons (Fsp3) is 0.364. The summed E-state index contributed by atoms with van der Waals surface area (Å²) in [6.45, 7) is 1.76. The lowest BCUT2D eigenvalue weighted by molar-refractivity contribution is -0.139. The van der Waals surface area contributed by atoms with Crippen molar-refractivity contribution in [1.82, 2.24) is 4.90 Å². The van der Waals surface area contributed by atoms with E-state index in [4.69, 9.17) is 16.3 Å². The third-order valence-electron chi connectivity index (χ3n) is 5.29. The molecule has 4 rings (SSSR count). The molecule has 28 heavy (non-hydrogen) atoms. The summed E-state index contributed by atoms with van der Waals surface area (Å²) in [6, 6.07) is 14.7. The Kier molecular flexibility index (Phi) is 5.53. The van der Waals surface area contributed by atoms with Crippen molar-refractivity contribution in [2.24, 2.45) is 0 Å². The first-order valence-electron chi connectivity index (χ1n) is 9.71. The molecule has 1 saturated heterocycles. The maximum Gasteiger partial charge on any atom is 0.265 e. The van der Waals surface area contributed by atoms with E-state index in [1.165, 1.54) is 0 Å². The van der Waals surface area contributed by atoms with E-state index in [0.29, 0.717) is 16.5 Å². The number of carbonyl (C=O) groups is 2. The van der Waals surface area contributed by atoms with Crippen molar-refractivity contribution in [3.63, 3.8) is 0 Å². The largest absolute Gasteiger partial charge is 0.476 e. The van der Waals surface area contributed by atoms with Gasteiger partial charge in [0.15, 0.2) is 6.10 Å². The zero-order chi connectivity index (χ0) is 19.5. The van der Waals surface area contributed by atoms with Gasteiger partial charge >= 0.3 is 0 Å². The summed E-state index contributed by atoms with van der Waals surface area (Å²) >= 11 is 5.94. The molecule has 0 unspecified atom stereocenters. The Morgan fingerprint density at radius 3 is 2.46 bits per heavy atom. The van der Waals surface area contributed by atoms with Gasteiger partial charge in [-0.25, -0.2) is 0 Å². The van der Waals surface area contributed by atoms with Crippen LogP contribution in [-0.2, 0) is 16.0 Å². The number of amides is 2. The summed E-state index contributed by atoms with van der Waals surface area (Å²) in [4.78, 5) is 29.6. The molecule has 0 aromatic heterocycles. The Balaban J connectivity index is 1.55. The van der Waals surface area contributed by atoms with Crippen LogP contribution in [0, 0.1) is 0 Å². The number of rotatable bonds is 3. The van der Waals surface area contributed by atoms with E-state index in [0.717, 1.165) is 37.9 Å². The van der Waals surface area contributed by atoms with Gasteiger partial charge < -0.3 is 14.5 Å². The molecule has 0 spiro atoms. The van der Waals surface area contributed by atoms with Gasteiger partial charge in [0.2, 0.25) is 5.91 Å². The molecule has 2 aromatic rings. The molecule has 2 aliphatic rings. The number of carbonyl (C=O) groups excluding carboxylic acids is 2. The van der Waals surface area contributed by atoms with Gasteiger partial charge in [-0.2, -0.15) is 0 Å². The molecule has 1 fully saturated rings. The monoisotopic (exact) mass is 398 g/mol. The number of hydrogen-bond donors (Lipinski definition) is 0. The van der Waals surface area contributed by atoms with Crippen LogP contribution >= 0.6 is 11.6 Å². The minimum absolute atomic E-state index is 0.0292. The molecule has 0 aliphatic carbocycles. The minimum atomic E-state index is -0.665. The summed E-state index contributed by atoms with van der Waals surface area (Å²) in [5.41, 5.74) is 1.60. The highest BCUT2D eigenvalue weighted by molar-refractivity contribution is 6.30. The van der Waals surface area contributed by atoms with Crippen LogP contribution in [0.1, 0.15) is 24.8 Å². The second kappa shape index (κ2) is 8.23. The number of likely N-dealkylation sites (tertiary alicyclic amines) is 1. The first-order chi connectivity index (χ1) is 13.6. The number of ether oxygens (including phenoxy) is 1. The van der Waals surface area contributed by atoms with Gasteiger partial charge in [-0.15, -0.1) is 0 Å². The summed E-state index contributed by atoms with van der Waals surface area (Å²) < 4.78 is 5.99. The fourth-order valence-electron chi connectivity index (χ4n) is 3.79. The molecule has 0 saturated carbocycles. The van der Waals surface area contributed by atoms with Gasteiger partial charge in [0, 0.05) is 18.1 Å². The average molecular weight is 399 g/mol. The maximum atomic E-state index is 13.1. The molecular formula is C22H23ClN2O3. The van der Waals surface area contributed by atoms with E-state index < -0.39 is 6.10 Å². The van der Waals surface area contributed by atoms with E-state index in [1.807, 2.05) is 41.3 Å². The molecule has 2 amide bonds. The van der Waals surface area contributed by atoms with Gasteiger partial charge in [0.05, 0.1) is 18.7 Å². The van der Waals surface area contributed by atoms with Crippen molar-refractivity contribution in [3.8, 4) is 5.75 Å². The number of piperidine rings is 1. The predicted octanol–water partition coefficient (Wildman–Crippen LogP) is 3.69. The van der Waals surface area contributed by atoms with Crippen molar-refractivity contribution in [3.05, 3.63) is 59.1 Å². The standard InChI is InChI=1S/C22H23ClN2O3/c23-17-10-8-16(9-11-17)14-21(26)25-15-20(22(27)24-12-4-1-5-13-24)28-19-7-3-2-6-18(19)25/h2-3,6-11,20H,1,4-5,12-15H2/t20-/m1/s1. The third-order valence-corrected chi connectivity index (χ3v) is 5.54. The van der Waals surface area contributed by atoms with Crippen LogP contribution in [0.3, 0.4) is 0 Å². The summed E-state index contributed by atoms with van der Waals surface area (Å²) in [5, 5.41) is 0.639. The quantitative estimate of drug-likeness (QED) is 0.792. The van der Waals surface area contributed by atoms with Gasteiger partial charge in [-0.05, 0) is 49.1 Å². The van der Waals surface area contributed by atoms with Crippen molar-refractivity contribution in [2.75, 3.05) is 24.5 Å². The summed E-state index contributed by atoms with van der Waals surface area (Å²) in [6.07, 6.45) is 2.78. The third kappa shape index (κ3) is 3.99. The molecule has 146 valence electrons.